The second-order valence-corrected chi connectivity index (χ2v) is 4.80. The molecule has 0 aliphatic carbocycles. The molecule has 1 rings (SSSR count). The maximum absolute atomic E-state index is 11.9. The third-order valence-electron chi connectivity index (χ3n) is 2.59. The van der Waals surface area contributed by atoms with E-state index in [0.29, 0.717) is 17.3 Å². The van der Waals surface area contributed by atoms with Crippen LogP contribution in [0.25, 0.3) is 0 Å². The molecular weight excluding hydrogens is 280 g/mol. The van der Waals surface area contributed by atoms with Crippen molar-refractivity contribution in [1.82, 2.24) is 4.90 Å². The number of amides is 1. The third-order valence-corrected chi connectivity index (χ3v) is 2.82. The molecular formula is C14H17ClN2O3. The number of nitrogens with zero attached hydrogens (tertiary/aromatic N) is 1. The summed E-state index contributed by atoms with van der Waals surface area (Å²) in [6.45, 7) is 5.48. The van der Waals surface area contributed by atoms with E-state index < -0.39 is 5.97 Å². The summed E-state index contributed by atoms with van der Waals surface area (Å²) in [6, 6.07) is 5.20. The zero-order valence-corrected chi connectivity index (χ0v) is 12.0. The smallest absolute Gasteiger partial charge is 0.317 e. The number of carboxylic acid groups (broad SMARTS) is 1. The number of hydrogen-bond donors (Lipinski definition) is 2. The van der Waals surface area contributed by atoms with E-state index in [1.54, 1.807) is 24.3 Å². The minimum Gasteiger partial charge on any atom is -0.480 e. The van der Waals surface area contributed by atoms with E-state index in [2.05, 4.69) is 11.9 Å². The van der Waals surface area contributed by atoms with Crippen molar-refractivity contribution in [2.75, 3.05) is 25.0 Å². The lowest BCUT2D eigenvalue weighted by Crippen LogP contribution is -2.37. The van der Waals surface area contributed by atoms with Crippen molar-refractivity contribution in [3.8, 4) is 0 Å². The quantitative estimate of drug-likeness (QED) is 0.757. The lowest BCUT2D eigenvalue weighted by Gasteiger charge is -2.18. The first kappa shape index (κ1) is 16.2. The van der Waals surface area contributed by atoms with E-state index in [1.807, 2.05) is 6.92 Å². The maximum atomic E-state index is 11.9. The first-order chi connectivity index (χ1) is 9.42. The van der Waals surface area contributed by atoms with E-state index in [9.17, 15) is 9.59 Å². The third kappa shape index (κ3) is 5.42. The highest BCUT2D eigenvalue weighted by Crippen LogP contribution is 2.20. The number of anilines is 1. The first-order valence-electron chi connectivity index (χ1n) is 6.03. The topological polar surface area (TPSA) is 69.6 Å². The molecule has 0 aromatic heterocycles. The molecule has 0 fully saturated rings. The van der Waals surface area contributed by atoms with Gasteiger partial charge in [0.1, 0.15) is 0 Å². The van der Waals surface area contributed by atoms with Gasteiger partial charge in [0.25, 0.3) is 0 Å². The number of nitrogens with one attached hydrogen (secondary N) is 1. The lowest BCUT2D eigenvalue weighted by molar-refractivity contribution is -0.138. The molecule has 20 heavy (non-hydrogen) atoms. The fraction of sp³-hybridized carbons (Fsp3) is 0.286. The summed E-state index contributed by atoms with van der Waals surface area (Å²) in [5, 5.41) is 12.0. The van der Waals surface area contributed by atoms with Crippen LogP contribution < -0.4 is 5.32 Å². The molecule has 0 saturated carbocycles. The Hall–Kier alpha value is -1.85. The Morgan fingerprint density at radius 3 is 2.75 bits per heavy atom. The van der Waals surface area contributed by atoms with E-state index in [1.165, 1.54) is 4.90 Å². The number of halogens is 1. The molecule has 0 bridgehead atoms. The highest BCUT2D eigenvalue weighted by atomic mass is 35.5. The molecule has 1 aromatic carbocycles. The van der Waals surface area contributed by atoms with Gasteiger partial charge in [-0.2, -0.15) is 0 Å². The van der Waals surface area contributed by atoms with Crippen LogP contribution in [0.2, 0.25) is 5.02 Å². The summed E-state index contributed by atoms with van der Waals surface area (Å²) >= 11 is 5.87. The summed E-state index contributed by atoms with van der Waals surface area (Å²) in [7, 11) is 0. The second-order valence-electron chi connectivity index (χ2n) is 4.36. The fourth-order valence-electron chi connectivity index (χ4n) is 1.68. The zero-order chi connectivity index (χ0) is 15.1. The van der Waals surface area contributed by atoms with Gasteiger partial charge < -0.3 is 10.4 Å². The predicted molar refractivity (Wildman–Crippen MR) is 79.1 cm³/mol. The molecule has 0 spiro atoms. The maximum Gasteiger partial charge on any atom is 0.317 e. The molecule has 0 unspecified atom stereocenters. The van der Waals surface area contributed by atoms with E-state index >= 15 is 0 Å². The summed E-state index contributed by atoms with van der Waals surface area (Å²) in [4.78, 5) is 24.1. The van der Waals surface area contributed by atoms with Crippen LogP contribution in [-0.2, 0) is 9.59 Å². The van der Waals surface area contributed by atoms with Crippen LogP contribution in [0.1, 0.15) is 5.56 Å². The van der Waals surface area contributed by atoms with Crippen LogP contribution in [0, 0.1) is 6.92 Å². The van der Waals surface area contributed by atoms with Gasteiger partial charge in [0.05, 0.1) is 13.1 Å². The van der Waals surface area contributed by atoms with Crippen LogP contribution in [0.3, 0.4) is 0 Å². The van der Waals surface area contributed by atoms with Crippen molar-refractivity contribution < 1.29 is 14.7 Å². The van der Waals surface area contributed by atoms with E-state index in [-0.39, 0.29) is 19.0 Å². The minimum absolute atomic E-state index is 0.0235. The molecule has 0 aliphatic rings. The molecule has 0 saturated heterocycles. The van der Waals surface area contributed by atoms with Crippen molar-refractivity contribution in [1.29, 1.82) is 0 Å². The molecule has 1 amide bonds. The van der Waals surface area contributed by atoms with E-state index in [4.69, 9.17) is 16.7 Å². The Bertz CT molecular complexity index is 517. The molecule has 5 nitrogen and oxygen atoms in total. The Morgan fingerprint density at radius 1 is 1.45 bits per heavy atom. The molecule has 6 heteroatoms. The van der Waals surface area contributed by atoms with Crippen LogP contribution in [-0.4, -0.2) is 41.5 Å². The fourth-order valence-corrected chi connectivity index (χ4v) is 1.85. The lowest BCUT2D eigenvalue weighted by atomic mass is 10.2. The average Bonchev–Trinajstić information content (AvgIpc) is 2.33. The highest BCUT2D eigenvalue weighted by molar-refractivity contribution is 6.31. The Kier molecular flexibility index (Phi) is 6.21. The number of rotatable bonds is 7. The molecule has 2 N–H and O–H groups in total. The molecule has 0 radical (unpaired) electrons. The van der Waals surface area contributed by atoms with Crippen LogP contribution in [0.5, 0.6) is 0 Å². The summed E-state index contributed by atoms with van der Waals surface area (Å²) in [5.41, 5.74) is 1.51. The second kappa shape index (κ2) is 7.67. The number of benzene rings is 1. The molecule has 1 aromatic rings. The number of carbonyl (C=O) groups is 2. The Balaban J connectivity index is 2.67. The van der Waals surface area contributed by atoms with Gasteiger partial charge in [-0.05, 0) is 24.6 Å². The largest absolute Gasteiger partial charge is 0.480 e. The van der Waals surface area contributed by atoms with Gasteiger partial charge in [0.15, 0.2) is 0 Å². The number of aliphatic carboxylic acids is 1. The molecule has 0 atom stereocenters. The van der Waals surface area contributed by atoms with Crippen molar-refractivity contribution in [3.63, 3.8) is 0 Å². The molecule has 0 heterocycles. The monoisotopic (exact) mass is 296 g/mol. The van der Waals surface area contributed by atoms with E-state index in [0.717, 1.165) is 5.56 Å². The van der Waals surface area contributed by atoms with Crippen molar-refractivity contribution in [2.45, 2.75) is 6.92 Å². The predicted octanol–water partition coefficient (Wildman–Crippen LogP) is 2.16. The average molecular weight is 297 g/mol. The van der Waals surface area contributed by atoms with Crippen LogP contribution in [0.15, 0.2) is 30.9 Å². The van der Waals surface area contributed by atoms with Crippen LogP contribution >= 0.6 is 11.6 Å². The number of hydrogen-bond acceptors (Lipinski definition) is 3. The van der Waals surface area contributed by atoms with Gasteiger partial charge in [-0.15, -0.1) is 6.58 Å². The summed E-state index contributed by atoms with van der Waals surface area (Å²) in [6.07, 6.45) is 1.56. The Labute approximate surface area is 122 Å². The van der Waals surface area contributed by atoms with Crippen molar-refractivity contribution in [2.24, 2.45) is 0 Å². The van der Waals surface area contributed by atoms with Crippen molar-refractivity contribution >= 4 is 29.2 Å². The van der Waals surface area contributed by atoms with Crippen LogP contribution in [0.4, 0.5) is 5.69 Å². The normalized spacial score (nSPS) is 10.3. The molecule has 0 aliphatic heterocycles. The van der Waals surface area contributed by atoms with Gasteiger partial charge in [0.2, 0.25) is 5.91 Å². The van der Waals surface area contributed by atoms with Gasteiger partial charge in [-0.25, -0.2) is 0 Å². The van der Waals surface area contributed by atoms with Gasteiger partial charge in [-0.3, -0.25) is 14.5 Å². The summed E-state index contributed by atoms with van der Waals surface area (Å²) < 4.78 is 0. The minimum atomic E-state index is -0.987. The zero-order valence-electron chi connectivity index (χ0n) is 11.2. The molecule has 108 valence electrons. The van der Waals surface area contributed by atoms with Crippen molar-refractivity contribution in [3.05, 3.63) is 41.4 Å². The number of carboxylic acids is 1. The number of carbonyl (C=O) groups excluding carboxylic acids is 1. The van der Waals surface area contributed by atoms with Gasteiger partial charge in [-0.1, -0.05) is 23.7 Å². The SMILES string of the molecule is C=CCN(CC(=O)O)CC(=O)Nc1cc(Cl)ccc1C. The summed E-state index contributed by atoms with van der Waals surface area (Å²) in [5.74, 6) is -1.28. The number of aryl methyl sites for hydroxylation is 1. The highest BCUT2D eigenvalue weighted by Gasteiger charge is 2.13. The van der Waals surface area contributed by atoms with Gasteiger partial charge >= 0.3 is 5.97 Å². The van der Waals surface area contributed by atoms with Gasteiger partial charge in [0, 0.05) is 17.3 Å². The standard InChI is InChI=1S/C14H17ClN2O3/c1-3-6-17(9-14(19)20)8-13(18)16-12-7-11(15)5-4-10(12)2/h3-5,7H,1,6,8-9H2,2H3,(H,16,18)(H,19,20). The Morgan fingerprint density at radius 2 is 2.15 bits per heavy atom. The first-order valence-corrected chi connectivity index (χ1v) is 6.41.